The maximum absolute atomic E-state index is 3.67. The summed E-state index contributed by atoms with van der Waals surface area (Å²) < 4.78 is 0. The summed E-state index contributed by atoms with van der Waals surface area (Å²) in [4.78, 5) is 5.16. The molecule has 0 bridgehead atoms. The van der Waals surface area contributed by atoms with Gasteiger partial charge in [0, 0.05) is 38.3 Å². The molecule has 0 aromatic carbocycles. The molecule has 0 aromatic heterocycles. The van der Waals surface area contributed by atoms with E-state index in [2.05, 4.69) is 36.0 Å². The van der Waals surface area contributed by atoms with Crippen LogP contribution in [0.5, 0.6) is 0 Å². The standard InChI is InChI=1S/C14H29N3/c1-4-15-14-7-5-6-13(14)11-17-9-8-16(3)10-12(17)2/h12-15H,4-11H2,1-3H3. The van der Waals surface area contributed by atoms with Crippen molar-refractivity contribution in [2.24, 2.45) is 5.92 Å². The maximum Gasteiger partial charge on any atom is 0.0195 e. The summed E-state index contributed by atoms with van der Waals surface area (Å²) in [5.41, 5.74) is 0. The van der Waals surface area contributed by atoms with Crippen molar-refractivity contribution in [3.63, 3.8) is 0 Å². The molecule has 3 nitrogen and oxygen atoms in total. The van der Waals surface area contributed by atoms with E-state index >= 15 is 0 Å². The van der Waals surface area contributed by atoms with Gasteiger partial charge in [-0.05, 0) is 39.3 Å². The Morgan fingerprint density at radius 1 is 1.24 bits per heavy atom. The lowest BCUT2D eigenvalue weighted by atomic mass is 10.0. The topological polar surface area (TPSA) is 18.5 Å². The second-order valence-corrected chi connectivity index (χ2v) is 5.96. The predicted molar refractivity (Wildman–Crippen MR) is 73.3 cm³/mol. The smallest absolute Gasteiger partial charge is 0.0195 e. The summed E-state index contributed by atoms with van der Waals surface area (Å²) in [6, 6.07) is 1.52. The zero-order valence-electron chi connectivity index (χ0n) is 11.8. The Morgan fingerprint density at radius 3 is 2.76 bits per heavy atom. The van der Waals surface area contributed by atoms with Crippen LogP contribution in [0.15, 0.2) is 0 Å². The van der Waals surface area contributed by atoms with E-state index in [1.54, 1.807) is 0 Å². The van der Waals surface area contributed by atoms with Crippen LogP contribution >= 0.6 is 0 Å². The lowest BCUT2D eigenvalue weighted by Gasteiger charge is -2.40. The van der Waals surface area contributed by atoms with Crippen molar-refractivity contribution in [3.8, 4) is 0 Å². The van der Waals surface area contributed by atoms with E-state index in [0.29, 0.717) is 0 Å². The van der Waals surface area contributed by atoms with E-state index in [9.17, 15) is 0 Å². The van der Waals surface area contributed by atoms with Gasteiger partial charge in [0.2, 0.25) is 0 Å². The second kappa shape index (κ2) is 6.17. The van der Waals surface area contributed by atoms with E-state index in [-0.39, 0.29) is 0 Å². The molecule has 1 aliphatic carbocycles. The Morgan fingerprint density at radius 2 is 2.06 bits per heavy atom. The molecule has 1 N–H and O–H groups in total. The number of piperazine rings is 1. The summed E-state index contributed by atoms with van der Waals surface area (Å²) in [7, 11) is 2.24. The van der Waals surface area contributed by atoms with Gasteiger partial charge in [0.25, 0.3) is 0 Å². The van der Waals surface area contributed by atoms with Gasteiger partial charge in [-0.25, -0.2) is 0 Å². The van der Waals surface area contributed by atoms with E-state index < -0.39 is 0 Å². The van der Waals surface area contributed by atoms with Crippen molar-refractivity contribution >= 4 is 0 Å². The van der Waals surface area contributed by atoms with Crippen LogP contribution in [-0.2, 0) is 0 Å². The van der Waals surface area contributed by atoms with Crippen LogP contribution in [0.3, 0.4) is 0 Å². The van der Waals surface area contributed by atoms with Crippen molar-refractivity contribution in [2.45, 2.75) is 45.2 Å². The third-order valence-corrected chi connectivity index (χ3v) is 4.56. The molecule has 0 amide bonds. The lowest BCUT2D eigenvalue weighted by molar-refractivity contribution is 0.0813. The molecule has 2 rings (SSSR count). The molecule has 0 spiro atoms. The van der Waals surface area contributed by atoms with Crippen LogP contribution in [0.4, 0.5) is 0 Å². The van der Waals surface area contributed by atoms with Gasteiger partial charge in [-0.3, -0.25) is 4.90 Å². The molecule has 3 atom stereocenters. The molecule has 1 saturated heterocycles. The van der Waals surface area contributed by atoms with Gasteiger partial charge in [-0.1, -0.05) is 13.3 Å². The first-order valence-electron chi connectivity index (χ1n) is 7.36. The van der Waals surface area contributed by atoms with Crippen LogP contribution in [0.25, 0.3) is 0 Å². The van der Waals surface area contributed by atoms with Gasteiger partial charge in [0.1, 0.15) is 0 Å². The minimum Gasteiger partial charge on any atom is -0.314 e. The SMILES string of the molecule is CCNC1CCCC1CN1CCN(C)CC1C. The van der Waals surface area contributed by atoms with Gasteiger partial charge in [0.05, 0.1) is 0 Å². The minimum atomic E-state index is 0.733. The molecule has 1 saturated carbocycles. The van der Waals surface area contributed by atoms with Crippen molar-refractivity contribution in [2.75, 3.05) is 39.8 Å². The summed E-state index contributed by atoms with van der Waals surface area (Å²) in [5.74, 6) is 0.890. The molecule has 3 unspecified atom stereocenters. The Hall–Kier alpha value is -0.120. The predicted octanol–water partition coefficient (Wildman–Crippen LogP) is 1.40. The van der Waals surface area contributed by atoms with E-state index in [1.165, 1.54) is 45.4 Å². The highest BCUT2D eigenvalue weighted by atomic mass is 15.3. The van der Waals surface area contributed by atoms with Crippen LogP contribution in [-0.4, -0.2) is 61.7 Å². The zero-order valence-corrected chi connectivity index (χ0v) is 11.8. The van der Waals surface area contributed by atoms with E-state index in [1.807, 2.05) is 0 Å². The number of nitrogens with zero attached hydrogens (tertiary/aromatic N) is 2. The Bertz CT molecular complexity index is 232. The third kappa shape index (κ3) is 3.43. The normalized spacial score (nSPS) is 36.5. The maximum atomic E-state index is 3.67. The van der Waals surface area contributed by atoms with E-state index in [4.69, 9.17) is 0 Å². The fraction of sp³-hybridized carbons (Fsp3) is 1.00. The fourth-order valence-corrected chi connectivity index (χ4v) is 3.54. The molecular formula is C14H29N3. The molecule has 100 valence electrons. The molecule has 1 heterocycles. The number of hydrogen-bond acceptors (Lipinski definition) is 3. The van der Waals surface area contributed by atoms with Gasteiger partial charge in [-0.15, -0.1) is 0 Å². The Labute approximate surface area is 107 Å². The summed E-state index contributed by atoms with van der Waals surface area (Å²) >= 11 is 0. The molecular weight excluding hydrogens is 210 g/mol. The van der Waals surface area contributed by atoms with Crippen LogP contribution in [0.1, 0.15) is 33.1 Å². The second-order valence-electron chi connectivity index (χ2n) is 5.96. The van der Waals surface area contributed by atoms with Crippen molar-refractivity contribution in [3.05, 3.63) is 0 Å². The molecule has 0 aromatic rings. The molecule has 0 radical (unpaired) electrons. The molecule has 3 heteroatoms. The molecule has 2 aliphatic rings. The van der Waals surface area contributed by atoms with Gasteiger partial charge < -0.3 is 10.2 Å². The Kier molecular flexibility index (Phi) is 4.83. The highest BCUT2D eigenvalue weighted by molar-refractivity contribution is 4.87. The largest absolute Gasteiger partial charge is 0.314 e. The van der Waals surface area contributed by atoms with Gasteiger partial charge in [0.15, 0.2) is 0 Å². The fourth-order valence-electron chi connectivity index (χ4n) is 3.54. The molecule has 1 aliphatic heterocycles. The number of hydrogen-bond donors (Lipinski definition) is 1. The van der Waals surface area contributed by atoms with Crippen LogP contribution < -0.4 is 5.32 Å². The molecule has 17 heavy (non-hydrogen) atoms. The number of likely N-dealkylation sites (N-methyl/N-ethyl adjacent to an activating group) is 1. The number of rotatable bonds is 4. The van der Waals surface area contributed by atoms with Crippen molar-refractivity contribution in [1.29, 1.82) is 0 Å². The van der Waals surface area contributed by atoms with E-state index in [0.717, 1.165) is 24.5 Å². The average molecular weight is 239 g/mol. The highest BCUT2D eigenvalue weighted by Crippen LogP contribution is 2.27. The van der Waals surface area contributed by atoms with Crippen molar-refractivity contribution in [1.82, 2.24) is 15.1 Å². The van der Waals surface area contributed by atoms with Gasteiger partial charge in [-0.2, -0.15) is 0 Å². The summed E-state index contributed by atoms with van der Waals surface area (Å²) in [6.45, 7) is 10.8. The van der Waals surface area contributed by atoms with Gasteiger partial charge >= 0.3 is 0 Å². The average Bonchev–Trinajstić information content (AvgIpc) is 2.71. The van der Waals surface area contributed by atoms with Crippen LogP contribution in [0.2, 0.25) is 0 Å². The third-order valence-electron chi connectivity index (χ3n) is 4.56. The quantitative estimate of drug-likeness (QED) is 0.800. The first kappa shape index (κ1) is 13.3. The lowest BCUT2D eigenvalue weighted by Crippen LogP contribution is -2.52. The minimum absolute atomic E-state index is 0.733. The molecule has 2 fully saturated rings. The Balaban J connectivity index is 1.83. The first-order chi connectivity index (χ1) is 8.20. The zero-order chi connectivity index (χ0) is 12.3. The monoisotopic (exact) mass is 239 g/mol. The highest BCUT2D eigenvalue weighted by Gasteiger charge is 2.30. The summed E-state index contributed by atoms with van der Waals surface area (Å²) in [6.07, 6.45) is 4.24. The first-order valence-corrected chi connectivity index (χ1v) is 7.36. The van der Waals surface area contributed by atoms with Crippen LogP contribution in [0, 0.1) is 5.92 Å². The van der Waals surface area contributed by atoms with Crippen molar-refractivity contribution < 1.29 is 0 Å². The summed E-state index contributed by atoms with van der Waals surface area (Å²) in [5, 5.41) is 3.67. The number of nitrogens with one attached hydrogen (secondary N) is 1.